The Morgan fingerprint density at radius 2 is 1.95 bits per heavy atom. The first-order chi connectivity index (χ1) is 10.2. The average molecular weight is 323 g/mol. The van der Waals surface area contributed by atoms with E-state index in [1.165, 1.54) is 22.4 Å². The maximum atomic E-state index is 5.98. The van der Waals surface area contributed by atoms with E-state index in [-0.39, 0.29) is 0 Å². The van der Waals surface area contributed by atoms with Gasteiger partial charge in [0, 0.05) is 24.5 Å². The molecule has 0 amide bonds. The molecule has 0 radical (unpaired) electrons. The fraction of sp³-hybridized carbons (Fsp3) is 0.412. The molecule has 0 aliphatic rings. The smallest absolute Gasteiger partial charge is 0.0931 e. The molecule has 2 aromatic rings. The van der Waals surface area contributed by atoms with Gasteiger partial charge in [0.1, 0.15) is 0 Å². The molecule has 0 spiro atoms. The van der Waals surface area contributed by atoms with E-state index in [9.17, 15) is 0 Å². The third-order valence-electron chi connectivity index (χ3n) is 3.25. The predicted octanol–water partition coefficient (Wildman–Crippen LogP) is 4.53. The molecule has 0 aliphatic heterocycles. The van der Waals surface area contributed by atoms with Gasteiger partial charge >= 0.3 is 0 Å². The van der Waals surface area contributed by atoms with Crippen LogP contribution in [0.2, 0.25) is 4.34 Å². The maximum Gasteiger partial charge on any atom is 0.0931 e. The van der Waals surface area contributed by atoms with Crippen LogP contribution in [0.1, 0.15) is 29.3 Å². The number of nitrogens with one attached hydrogen (secondary N) is 1. The minimum Gasteiger partial charge on any atom is -0.313 e. The second-order valence-corrected chi connectivity index (χ2v) is 7.17. The highest BCUT2D eigenvalue weighted by molar-refractivity contribution is 7.16. The molecule has 0 saturated carbocycles. The van der Waals surface area contributed by atoms with Gasteiger partial charge in [0.25, 0.3) is 0 Å². The third kappa shape index (κ3) is 5.79. The maximum absolute atomic E-state index is 5.98. The van der Waals surface area contributed by atoms with Gasteiger partial charge in [-0.2, -0.15) is 0 Å². The Bertz CT molecular complexity index is 553. The van der Waals surface area contributed by atoms with E-state index in [2.05, 4.69) is 54.5 Å². The van der Waals surface area contributed by atoms with Crippen molar-refractivity contribution in [1.82, 2.24) is 10.2 Å². The van der Waals surface area contributed by atoms with Crippen molar-refractivity contribution in [2.45, 2.75) is 33.0 Å². The molecule has 1 aromatic heterocycles. The van der Waals surface area contributed by atoms with Crippen LogP contribution in [0.4, 0.5) is 0 Å². The number of nitrogens with zero attached hydrogens (tertiary/aromatic N) is 1. The Hall–Kier alpha value is -0.870. The largest absolute Gasteiger partial charge is 0.313 e. The summed E-state index contributed by atoms with van der Waals surface area (Å²) < 4.78 is 0.863. The lowest BCUT2D eigenvalue weighted by Crippen LogP contribution is -2.17. The van der Waals surface area contributed by atoms with Gasteiger partial charge in [0.15, 0.2) is 0 Å². The second-order valence-electron chi connectivity index (χ2n) is 5.37. The summed E-state index contributed by atoms with van der Waals surface area (Å²) in [6.45, 7) is 6.11. The van der Waals surface area contributed by atoms with Crippen molar-refractivity contribution in [3.63, 3.8) is 0 Å². The Labute approximate surface area is 136 Å². The van der Waals surface area contributed by atoms with E-state index in [1.807, 2.05) is 6.07 Å². The highest BCUT2D eigenvalue weighted by Crippen LogP contribution is 2.22. The quantitative estimate of drug-likeness (QED) is 0.718. The normalized spacial score (nSPS) is 11.2. The van der Waals surface area contributed by atoms with Crippen LogP contribution in [-0.4, -0.2) is 18.5 Å². The highest BCUT2D eigenvalue weighted by Gasteiger charge is 2.05. The van der Waals surface area contributed by atoms with Crippen molar-refractivity contribution in [1.29, 1.82) is 0 Å². The molecule has 1 heterocycles. The summed E-state index contributed by atoms with van der Waals surface area (Å²) >= 11 is 7.64. The summed E-state index contributed by atoms with van der Waals surface area (Å²) in [6.07, 6.45) is 1.17. The van der Waals surface area contributed by atoms with E-state index in [0.29, 0.717) is 0 Å². The zero-order valence-corrected chi connectivity index (χ0v) is 14.3. The Morgan fingerprint density at radius 1 is 1.14 bits per heavy atom. The first-order valence-electron chi connectivity index (χ1n) is 7.38. The molecule has 0 saturated heterocycles. The number of halogens is 1. The molecule has 0 bridgehead atoms. The minimum absolute atomic E-state index is 0.863. The molecule has 1 N–H and O–H groups in total. The van der Waals surface area contributed by atoms with Gasteiger partial charge in [-0.1, -0.05) is 42.8 Å². The Balaban J connectivity index is 1.88. The molecule has 4 heteroatoms. The van der Waals surface area contributed by atoms with Gasteiger partial charge in [-0.3, -0.25) is 4.90 Å². The molecule has 21 heavy (non-hydrogen) atoms. The van der Waals surface area contributed by atoms with Gasteiger partial charge in [-0.25, -0.2) is 0 Å². The van der Waals surface area contributed by atoms with Crippen LogP contribution < -0.4 is 5.32 Å². The number of rotatable bonds is 8. The number of hydrogen-bond acceptors (Lipinski definition) is 3. The van der Waals surface area contributed by atoms with Crippen LogP contribution in [0.3, 0.4) is 0 Å². The number of thiophene rings is 1. The lowest BCUT2D eigenvalue weighted by molar-refractivity contribution is 0.322. The lowest BCUT2D eigenvalue weighted by atomic mass is 10.1. The highest BCUT2D eigenvalue weighted by atomic mass is 35.5. The zero-order chi connectivity index (χ0) is 15.1. The van der Waals surface area contributed by atoms with Gasteiger partial charge in [0.05, 0.1) is 4.34 Å². The topological polar surface area (TPSA) is 15.3 Å². The minimum atomic E-state index is 0.863. The summed E-state index contributed by atoms with van der Waals surface area (Å²) in [4.78, 5) is 3.63. The average Bonchev–Trinajstić information content (AvgIpc) is 2.84. The SMILES string of the molecule is CCCNCc1cccc(CN(C)Cc2ccc(Cl)s2)c1. The third-order valence-corrected chi connectivity index (χ3v) is 4.47. The van der Waals surface area contributed by atoms with E-state index >= 15 is 0 Å². The molecule has 2 rings (SSSR count). The molecule has 0 unspecified atom stereocenters. The van der Waals surface area contributed by atoms with Crippen molar-refractivity contribution in [2.24, 2.45) is 0 Å². The predicted molar refractivity (Wildman–Crippen MR) is 92.9 cm³/mol. The molecule has 0 aliphatic carbocycles. The van der Waals surface area contributed by atoms with Crippen LogP contribution in [0.25, 0.3) is 0 Å². The summed E-state index contributed by atoms with van der Waals surface area (Å²) in [7, 11) is 2.15. The zero-order valence-electron chi connectivity index (χ0n) is 12.7. The van der Waals surface area contributed by atoms with Crippen LogP contribution in [0.15, 0.2) is 36.4 Å². The van der Waals surface area contributed by atoms with Gasteiger partial charge in [-0.05, 0) is 43.3 Å². The van der Waals surface area contributed by atoms with Crippen LogP contribution >= 0.6 is 22.9 Å². The Kier molecular flexibility index (Phi) is 6.71. The fourth-order valence-corrected chi connectivity index (χ4v) is 3.49. The van der Waals surface area contributed by atoms with Gasteiger partial charge in [0.2, 0.25) is 0 Å². The first-order valence-corrected chi connectivity index (χ1v) is 8.58. The summed E-state index contributed by atoms with van der Waals surface area (Å²) in [6, 6.07) is 12.9. The van der Waals surface area contributed by atoms with Gasteiger partial charge < -0.3 is 5.32 Å². The molecule has 0 atom stereocenters. The molecule has 2 nitrogen and oxygen atoms in total. The van der Waals surface area contributed by atoms with Crippen molar-refractivity contribution < 1.29 is 0 Å². The standard InChI is InChI=1S/C17H23ClN2S/c1-3-9-19-11-14-5-4-6-15(10-14)12-20(2)13-16-7-8-17(18)21-16/h4-8,10,19H,3,9,11-13H2,1-2H3. The molecule has 0 fully saturated rings. The summed E-state index contributed by atoms with van der Waals surface area (Å²) in [5, 5.41) is 3.45. The lowest BCUT2D eigenvalue weighted by Gasteiger charge is -2.16. The van der Waals surface area contributed by atoms with Crippen molar-refractivity contribution in [3.8, 4) is 0 Å². The van der Waals surface area contributed by atoms with E-state index < -0.39 is 0 Å². The van der Waals surface area contributed by atoms with Crippen LogP contribution in [0.5, 0.6) is 0 Å². The second kappa shape index (κ2) is 8.54. The molecule has 1 aromatic carbocycles. The number of benzene rings is 1. The summed E-state index contributed by atoms with van der Waals surface area (Å²) in [5.74, 6) is 0. The van der Waals surface area contributed by atoms with Crippen LogP contribution in [0, 0.1) is 0 Å². The van der Waals surface area contributed by atoms with E-state index in [4.69, 9.17) is 11.6 Å². The first kappa shape index (κ1) is 16.5. The van der Waals surface area contributed by atoms with Crippen molar-refractivity contribution >= 4 is 22.9 Å². The number of hydrogen-bond donors (Lipinski definition) is 1. The van der Waals surface area contributed by atoms with E-state index in [0.717, 1.165) is 30.5 Å². The fourth-order valence-electron chi connectivity index (χ4n) is 2.32. The van der Waals surface area contributed by atoms with Crippen molar-refractivity contribution in [3.05, 3.63) is 56.7 Å². The van der Waals surface area contributed by atoms with Gasteiger partial charge in [-0.15, -0.1) is 11.3 Å². The van der Waals surface area contributed by atoms with Crippen LogP contribution in [-0.2, 0) is 19.6 Å². The van der Waals surface area contributed by atoms with E-state index in [1.54, 1.807) is 11.3 Å². The monoisotopic (exact) mass is 322 g/mol. The molecular formula is C17H23ClN2S. The summed E-state index contributed by atoms with van der Waals surface area (Å²) in [5.41, 5.74) is 2.71. The Morgan fingerprint density at radius 3 is 2.67 bits per heavy atom. The van der Waals surface area contributed by atoms with Crippen molar-refractivity contribution in [2.75, 3.05) is 13.6 Å². The molecular weight excluding hydrogens is 300 g/mol. The molecule has 114 valence electrons.